The van der Waals surface area contributed by atoms with Gasteiger partial charge in [0, 0.05) is 0 Å². The smallest absolute Gasteiger partial charge is 0.169 e. The van der Waals surface area contributed by atoms with E-state index < -0.39 is 0 Å². The number of aromatic nitrogens is 1. The molecule has 14 heavy (non-hydrogen) atoms. The Morgan fingerprint density at radius 3 is 2.79 bits per heavy atom. The number of aryl methyl sites for hydroxylation is 2. The highest BCUT2D eigenvalue weighted by Crippen LogP contribution is 2.36. The predicted molar refractivity (Wildman–Crippen MR) is 60.1 cm³/mol. The van der Waals surface area contributed by atoms with Crippen LogP contribution < -0.4 is 10.5 Å². The number of hydrogen-bond acceptors (Lipinski definition) is 4. The Hall–Kier alpha value is -1.29. The summed E-state index contributed by atoms with van der Waals surface area (Å²) in [7, 11) is 1.62. The van der Waals surface area contributed by atoms with Crippen molar-refractivity contribution in [3.63, 3.8) is 0 Å². The molecule has 1 aromatic carbocycles. The van der Waals surface area contributed by atoms with Crippen LogP contribution in [0.3, 0.4) is 0 Å². The largest absolute Gasteiger partial charge is 0.492 e. The quantitative estimate of drug-likeness (QED) is 0.732. The Kier molecular flexibility index (Phi) is 2.07. The maximum absolute atomic E-state index is 5.91. The van der Waals surface area contributed by atoms with Gasteiger partial charge in [-0.25, -0.2) is 4.98 Å². The molecular weight excluding hydrogens is 196 g/mol. The lowest BCUT2D eigenvalue weighted by molar-refractivity contribution is 0.421. The highest BCUT2D eigenvalue weighted by atomic mass is 32.1. The van der Waals surface area contributed by atoms with E-state index in [9.17, 15) is 0 Å². The second-order valence-electron chi connectivity index (χ2n) is 3.22. The molecule has 0 radical (unpaired) electrons. The molecular formula is C10H12N2OS. The molecule has 0 unspecified atom stereocenters. The van der Waals surface area contributed by atoms with Crippen molar-refractivity contribution in [2.45, 2.75) is 13.8 Å². The lowest BCUT2D eigenvalue weighted by Gasteiger charge is -2.07. The van der Waals surface area contributed by atoms with Crippen LogP contribution in [0.25, 0.3) is 10.2 Å². The summed E-state index contributed by atoms with van der Waals surface area (Å²) in [5, 5.41) is 1.03. The summed E-state index contributed by atoms with van der Waals surface area (Å²) in [5.41, 5.74) is 8.51. The molecule has 0 fully saturated rings. The molecule has 0 spiro atoms. The van der Waals surface area contributed by atoms with Crippen LogP contribution in [-0.2, 0) is 0 Å². The van der Waals surface area contributed by atoms with E-state index in [-0.39, 0.29) is 0 Å². The summed E-state index contributed by atoms with van der Waals surface area (Å²) < 4.78 is 6.40. The van der Waals surface area contributed by atoms with Gasteiger partial charge in [-0.05, 0) is 25.5 Å². The van der Waals surface area contributed by atoms with Gasteiger partial charge < -0.3 is 10.5 Å². The van der Waals surface area contributed by atoms with E-state index in [0.717, 1.165) is 20.8 Å². The molecule has 0 amide bonds. The Balaban J connectivity index is 2.87. The maximum Gasteiger partial charge on any atom is 0.169 e. The third-order valence-corrected chi connectivity index (χ3v) is 3.11. The first-order valence-electron chi connectivity index (χ1n) is 4.33. The summed E-state index contributed by atoms with van der Waals surface area (Å²) in [6, 6.07) is 2.05. The van der Waals surface area contributed by atoms with E-state index in [4.69, 9.17) is 10.5 Å². The SMILES string of the molecule is COc1c(N)c(C)cc2sc(C)nc12. The third kappa shape index (κ3) is 1.23. The fraction of sp³-hybridized carbons (Fsp3) is 0.300. The molecule has 3 nitrogen and oxygen atoms in total. The van der Waals surface area contributed by atoms with Gasteiger partial charge in [0.05, 0.1) is 22.5 Å². The van der Waals surface area contributed by atoms with Crippen molar-refractivity contribution < 1.29 is 4.74 Å². The van der Waals surface area contributed by atoms with Gasteiger partial charge in [-0.1, -0.05) is 0 Å². The number of nitrogen functional groups attached to an aromatic ring is 1. The number of fused-ring (bicyclic) bond motifs is 1. The van der Waals surface area contributed by atoms with Crippen LogP contribution in [0, 0.1) is 13.8 Å². The van der Waals surface area contributed by atoms with Gasteiger partial charge in [-0.2, -0.15) is 0 Å². The fourth-order valence-corrected chi connectivity index (χ4v) is 2.42. The van der Waals surface area contributed by atoms with Gasteiger partial charge in [0.15, 0.2) is 5.75 Å². The van der Waals surface area contributed by atoms with Crippen molar-refractivity contribution in [2.24, 2.45) is 0 Å². The molecule has 0 aliphatic heterocycles. The first-order chi connectivity index (χ1) is 6.63. The van der Waals surface area contributed by atoms with E-state index in [0.29, 0.717) is 11.4 Å². The molecule has 0 bridgehead atoms. The molecule has 74 valence electrons. The summed E-state index contributed by atoms with van der Waals surface area (Å²) in [5.74, 6) is 0.698. The molecule has 1 aromatic heterocycles. The topological polar surface area (TPSA) is 48.1 Å². The van der Waals surface area contributed by atoms with Crippen molar-refractivity contribution in [1.29, 1.82) is 0 Å². The number of methoxy groups -OCH3 is 1. The summed E-state index contributed by atoms with van der Waals surface area (Å²) in [4.78, 5) is 4.40. The van der Waals surface area contributed by atoms with E-state index in [1.165, 1.54) is 0 Å². The number of hydrogen-bond donors (Lipinski definition) is 1. The second kappa shape index (κ2) is 3.13. The first kappa shape index (κ1) is 9.27. The zero-order chi connectivity index (χ0) is 10.3. The van der Waals surface area contributed by atoms with Crippen LogP contribution in [0.4, 0.5) is 5.69 Å². The minimum atomic E-state index is 0.685. The minimum absolute atomic E-state index is 0.685. The van der Waals surface area contributed by atoms with Crippen molar-refractivity contribution in [1.82, 2.24) is 4.98 Å². The summed E-state index contributed by atoms with van der Waals surface area (Å²) in [6.45, 7) is 3.96. The van der Waals surface area contributed by atoms with Gasteiger partial charge in [-0.3, -0.25) is 0 Å². The number of thiazole rings is 1. The number of rotatable bonds is 1. The van der Waals surface area contributed by atoms with Crippen molar-refractivity contribution in [3.05, 3.63) is 16.6 Å². The Bertz CT molecular complexity index is 490. The molecule has 4 heteroatoms. The monoisotopic (exact) mass is 208 g/mol. The van der Waals surface area contributed by atoms with Gasteiger partial charge in [0.2, 0.25) is 0 Å². The van der Waals surface area contributed by atoms with Crippen molar-refractivity contribution >= 4 is 27.2 Å². The number of anilines is 1. The van der Waals surface area contributed by atoms with Gasteiger partial charge in [-0.15, -0.1) is 11.3 Å². The molecule has 2 N–H and O–H groups in total. The molecule has 0 aliphatic rings. The maximum atomic E-state index is 5.91. The standard InChI is InChI=1S/C10H12N2OS/c1-5-4-7-9(12-6(2)14-7)10(13-3)8(5)11/h4H,11H2,1-3H3. The van der Waals surface area contributed by atoms with Crippen LogP contribution in [0.1, 0.15) is 10.6 Å². The predicted octanol–water partition coefficient (Wildman–Crippen LogP) is 2.50. The second-order valence-corrected chi connectivity index (χ2v) is 4.45. The van der Waals surface area contributed by atoms with Crippen molar-refractivity contribution in [3.8, 4) is 5.75 Å². The summed E-state index contributed by atoms with van der Waals surface area (Å²) >= 11 is 1.66. The molecule has 0 saturated heterocycles. The zero-order valence-corrected chi connectivity index (χ0v) is 9.23. The average Bonchev–Trinajstić information content (AvgIpc) is 2.47. The first-order valence-corrected chi connectivity index (χ1v) is 5.15. The molecule has 0 aliphatic carbocycles. The highest BCUT2D eigenvalue weighted by molar-refractivity contribution is 7.18. The minimum Gasteiger partial charge on any atom is -0.492 e. The van der Waals surface area contributed by atoms with Crippen LogP contribution in [-0.4, -0.2) is 12.1 Å². The van der Waals surface area contributed by atoms with E-state index in [1.54, 1.807) is 18.4 Å². The van der Waals surface area contributed by atoms with Crippen LogP contribution >= 0.6 is 11.3 Å². The van der Waals surface area contributed by atoms with Gasteiger partial charge >= 0.3 is 0 Å². The zero-order valence-electron chi connectivity index (χ0n) is 8.42. The van der Waals surface area contributed by atoms with Crippen LogP contribution in [0.5, 0.6) is 5.75 Å². The third-order valence-electron chi connectivity index (χ3n) is 2.20. The van der Waals surface area contributed by atoms with E-state index in [1.807, 2.05) is 13.8 Å². The van der Waals surface area contributed by atoms with Crippen molar-refractivity contribution in [2.75, 3.05) is 12.8 Å². The Labute approximate surface area is 86.5 Å². The lowest BCUT2D eigenvalue weighted by Crippen LogP contribution is -1.95. The number of benzene rings is 1. The molecule has 0 saturated carbocycles. The van der Waals surface area contributed by atoms with Gasteiger partial charge in [0.25, 0.3) is 0 Å². The van der Waals surface area contributed by atoms with Crippen LogP contribution in [0.15, 0.2) is 6.07 Å². The van der Waals surface area contributed by atoms with E-state index >= 15 is 0 Å². The Morgan fingerprint density at radius 1 is 1.43 bits per heavy atom. The normalized spacial score (nSPS) is 10.8. The molecule has 2 rings (SSSR count). The number of ether oxygens (including phenoxy) is 1. The lowest BCUT2D eigenvalue weighted by atomic mass is 10.2. The highest BCUT2D eigenvalue weighted by Gasteiger charge is 2.12. The van der Waals surface area contributed by atoms with Crippen LogP contribution in [0.2, 0.25) is 0 Å². The number of nitrogens with zero attached hydrogens (tertiary/aromatic N) is 1. The average molecular weight is 208 g/mol. The molecule has 1 heterocycles. The van der Waals surface area contributed by atoms with Gasteiger partial charge in [0.1, 0.15) is 5.52 Å². The fourth-order valence-electron chi connectivity index (χ4n) is 1.49. The Morgan fingerprint density at radius 2 is 2.14 bits per heavy atom. The number of nitrogens with two attached hydrogens (primary N) is 1. The molecule has 2 aromatic rings. The molecule has 0 atom stereocenters. The van der Waals surface area contributed by atoms with E-state index in [2.05, 4.69) is 11.1 Å². The summed E-state index contributed by atoms with van der Waals surface area (Å²) in [6.07, 6.45) is 0.